The van der Waals surface area contributed by atoms with Crippen LogP contribution in [0.4, 0.5) is 0 Å². The van der Waals surface area contributed by atoms with Gasteiger partial charge in [0.05, 0.1) is 0 Å². The van der Waals surface area contributed by atoms with Crippen molar-refractivity contribution in [3.8, 4) is 0 Å². The summed E-state index contributed by atoms with van der Waals surface area (Å²) in [7, 11) is 4.41. The monoisotopic (exact) mass is 423 g/mol. The van der Waals surface area contributed by atoms with Crippen molar-refractivity contribution in [1.29, 1.82) is 0 Å². The lowest BCUT2D eigenvalue weighted by atomic mass is 9.79. The van der Waals surface area contributed by atoms with E-state index in [1.54, 1.807) is 0 Å². The topological polar surface area (TPSA) is 7.12 Å². The maximum absolute atomic E-state index is 2.39. The average Bonchev–Trinajstić information content (AvgIpc) is 2.53. The summed E-state index contributed by atoms with van der Waals surface area (Å²) in [6, 6.07) is 4.76. The SMILES string of the molecule is CN1C(C(C)(C)C)=CC(C(C)(C)C)=C/C1=C\c1cc(C(C)(C)C)cc(C(C)(C)C)[n+]1C. The average molecular weight is 424 g/mol. The van der Waals surface area contributed by atoms with Crippen LogP contribution < -0.4 is 4.57 Å². The Balaban J connectivity index is 2.80. The first kappa shape index (κ1) is 25.4. The van der Waals surface area contributed by atoms with Crippen LogP contribution in [0.3, 0.4) is 0 Å². The third kappa shape index (κ3) is 5.70. The highest BCUT2D eigenvalue weighted by Gasteiger charge is 2.32. The smallest absolute Gasteiger partial charge is 0.207 e. The van der Waals surface area contributed by atoms with Crippen LogP contribution in [0.1, 0.15) is 100 Å². The van der Waals surface area contributed by atoms with Gasteiger partial charge in [0.1, 0.15) is 7.05 Å². The maximum atomic E-state index is 2.39. The molecule has 0 spiro atoms. The van der Waals surface area contributed by atoms with Gasteiger partial charge in [-0.25, -0.2) is 0 Å². The van der Waals surface area contributed by atoms with Crippen LogP contribution in [0, 0.1) is 10.8 Å². The van der Waals surface area contributed by atoms with Crippen molar-refractivity contribution in [3.05, 3.63) is 58.2 Å². The van der Waals surface area contributed by atoms with E-state index in [1.807, 2.05) is 0 Å². The molecule has 31 heavy (non-hydrogen) atoms. The highest BCUT2D eigenvalue weighted by Crippen LogP contribution is 2.40. The number of nitrogens with zero attached hydrogens (tertiary/aromatic N) is 2. The van der Waals surface area contributed by atoms with Crippen molar-refractivity contribution in [2.24, 2.45) is 17.9 Å². The quantitative estimate of drug-likeness (QED) is 0.430. The molecule has 2 rings (SSSR count). The third-order valence-electron chi connectivity index (χ3n) is 6.25. The number of pyridine rings is 1. The maximum Gasteiger partial charge on any atom is 0.207 e. The summed E-state index contributed by atoms with van der Waals surface area (Å²) in [5.41, 5.74) is 8.33. The Kier molecular flexibility index (Phi) is 6.52. The molecule has 1 aromatic heterocycles. The van der Waals surface area contributed by atoms with Gasteiger partial charge in [0.25, 0.3) is 0 Å². The van der Waals surface area contributed by atoms with Crippen LogP contribution in [0.25, 0.3) is 6.08 Å². The fourth-order valence-corrected chi connectivity index (χ4v) is 4.10. The third-order valence-corrected chi connectivity index (χ3v) is 6.25. The lowest BCUT2D eigenvalue weighted by Crippen LogP contribution is -2.43. The molecule has 0 aliphatic carbocycles. The molecular weight excluding hydrogens is 376 g/mol. The lowest BCUT2D eigenvalue weighted by molar-refractivity contribution is -0.684. The number of rotatable bonds is 1. The van der Waals surface area contributed by atoms with Gasteiger partial charge >= 0.3 is 0 Å². The van der Waals surface area contributed by atoms with Gasteiger partial charge in [-0.15, -0.1) is 0 Å². The Morgan fingerprint density at radius 1 is 0.710 bits per heavy atom. The fraction of sp³-hybridized carbons (Fsp3) is 0.621. The molecule has 0 amide bonds. The number of aromatic nitrogens is 1. The van der Waals surface area contributed by atoms with Crippen LogP contribution >= 0.6 is 0 Å². The molecule has 0 radical (unpaired) electrons. The zero-order valence-electron chi connectivity index (χ0n) is 22.8. The predicted octanol–water partition coefficient (Wildman–Crippen LogP) is 7.29. The van der Waals surface area contributed by atoms with E-state index in [2.05, 4.69) is 137 Å². The highest BCUT2D eigenvalue weighted by molar-refractivity contribution is 5.56. The van der Waals surface area contributed by atoms with Gasteiger partial charge in [0.2, 0.25) is 5.69 Å². The largest absolute Gasteiger partial charge is 0.347 e. The molecule has 2 heteroatoms. The molecule has 0 saturated carbocycles. The molecule has 1 aromatic rings. The first-order valence-corrected chi connectivity index (χ1v) is 11.7. The molecule has 1 aliphatic rings. The van der Waals surface area contributed by atoms with Crippen molar-refractivity contribution in [2.45, 2.75) is 93.9 Å². The van der Waals surface area contributed by atoms with E-state index in [9.17, 15) is 0 Å². The zero-order valence-corrected chi connectivity index (χ0v) is 22.8. The molecular formula is C29H47N2+. The van der Waals surface area contributed by atoms with E-state index in [-0.39, 0.29) is 21.7 Å². The van der Waals surface area contributed by atoms with Gasteiger partial charge in [-0.1, -0.05) is 83.1 Å². The van der Waals surface area contributed by atoms with Gasteiger partial charge < -0.3 is 4.90 Å². The summed E-state index contributed by atoms with van der Waals surface area (Å²) in [6.07, 6.45) is 7.13. The Labute approximate surface area is 192 Å². The summed E-state index contributed by atoms with van der Waals surface area (Å²) >= 11 is 0. The zero-order chi connectivity index (χ0) is 24.2. The second-order valence-electron chi connectivity index (χ2n) is 13.4. The second kappa shape index (κ2) is 7.94. The molecule has 172 valence electrons. The Bertz CT molecular complexity index is 927. The van der Waals surface area contributed by atoms with Gasteiger partial charge in [-0.3, -0.25) is 0 Å². The summed E-state index contributed by atoms with van der Waals surface area (Å²) in [5.74, 6) is 0. The van der Waals surface area contributed by atoms with Crippen LogP contribution in [-0.2, 0) is 17.9 Å². The lowest BCUT2D eigenvalue weighted by Gasteiger charge is -2.38. The van der Waals surface area contributed by atoms with E-state index in [0.717, 1.165) is 0 Å². The van der Waals surface area contributed by atoms with Crippen molar-refractivity contribution >= 4 is 6.08 Å². The standard InChI is InChI=1S/C29H47N2/c1-26(2,3)20-15-22(30(13)24(17-20)28(7,8)9)19-23-16-21(27(4,5)6)18-25(31(23)14)29(10,11)12/h15-19H,1-14H3/q+1. The molecule has 0 saturated heterocycles. The normalized spacial score (nSPS) is 17.7. The summed E-state index contributed by atoms with van der Waals surface area (Å²) in [4.78, 5) is 2.37. The van der Waals surface area contributed by atoms with Gasteiger partial charge in [-0.2, -0.15) is 4.57 Å². The second-order valence-corrected chi connectivity index (χ2v) is 13.4. The van der Waals surface area contributed by atoms with Crippen LogP contribution in [0.5, 0.6) is 0 Å². The molecule has 0 aromatic carbocycles. The number of allylic oxidation sites excluding steroid dienone is 4. The van der Waals surface area contributed by atoms with Crippen molar-refractivity contribution in [2.75, 3.05) is 7.05 Å². The Morgan fingerprint density at radius 3 is 1.68 bits per heavy atom. The van der Waals surface area contributed by atoms with Crippen LogP contribution in [0.15, 0.2) is 41.3 Å². The predicted molar refractivity (Wildman–Crippen MR) is 136 cm³/mol. The fourth-order valence-electron chi connectivity index (χ4n) is 4.10. The number of hydrogen-bond acceptors (Lipinski definition) is 1. The van der Waals surface area contributed by atoms with E-state index in [0.29, 0.717) is 0 Å². The van der Waals surface area contributed by atoms with Crippen LogP contribution in [0.2, 0.25) is 0 Å². The van der Waals surface area contributed by atoms with E-state index in [1.165, 1.54) is 33.9 Å². The van der Waals surface area contributed by atoms with Crippen molar-refractivity contribution < 1.29 is 4.57 Å². The summed E-state index contributed by atoms with van der Waals surface area (Å²) in [6.45, 7) is 27.6. The molecule has 0 unspecified atom stereocenters. The van der Waals surface area contributed by atoms with Gasteiger partial charge in [0.15, 0.2) is 5.69 Å². The van der Waals surface area contributed by atoms with Crippen molar-refractivity contribution in [1.82, 2.24) is 4.90 Å². The molecule has 0 atom stereocenters. The molecule has 0 fully saturated rings. The summed E-state index contributed by atoms with van der Waals surface area (Å²) in [5, 5.41) is 0. The summed E-state index contributed by atoms with van der Waals surface area (Å²) < 4.78 is 2.37. The molecule has 2 heterocycles. The Hall–Kier alpha value is -1.83. The minimum atomic E-state index is 0.0740. The number of likely N-dealkylation sites (N-methyl/N-ethyl adjacent to an activating group) is 1. The number of hydrogen-bond donors (Lipinski definition) is 0. The van der Waals surface area contributed by atoms with E-state index in [4.69, 9.17) is 0 Å². The highest BCUT2D eigenvalue weighted by atomic mass is 15.1. The van der Waals surface area contributed by atoms with Gasteiger partial charge in [0, 0.05) is 47.5 Å². The first-order valence-electron chi connectivity index (χ1n) is 11.7. The van der Waals surface area contributed by atoms with Crippen molar-refractivity contribution in [3.63, 3.8) is 0 Å². The Morgan fingerprint density at radius 2 is 1.26 bits per heavy atom. The minimum absolute atomic E-state index is 0.0740. The van der Waals surface area contributed by atoms with Gasteiger partial charge in [-0.05, 0) is 34.1 Å². The van der Waals surface area contributed by atoms with E-state index >= 15 is 0 Å². The van der Waals surface area contributed by atoms with E-state index < -0.39 is 0 Å². The molecule has 1 aliphatic heterocycles. The molecule has 0 bridgehead atoms. The molecule has 2 nitrogen and oxygen atoms in total. The first-order chi connectivity index (χ1) is 13.7. The van der Waals surface area contributed by atoms with Crippen LogP contribution in [-0.4, -0.2) is 11.9 Å². The molecule has 0 N–H and O–H groups in total. The minimum Gasteiger partial charge on any atom is -0.347 e.